The molecule has 6 heteroatoms. The lowest BCUT2D eigenvalue weighted by Gasteiger charge is -2.29. The molecule has 0 bridgehead atoms. The van der Waals surface area contributed by atoms with Crippen molar-refractivity contribution in [2.75, 3.05) is 12.4 Å². The number of Topliss-reactive ketones (excluding diaryl/α,β-unsaturated/α-hetero) is 1. The van der Waals surface area contributed by atoms with E-state index in [-0.39, 0.29) is 24.1 Å². The average Bonchev–Trinajstić information content (AvgIpc) is 2.51. The summed E-state index contributed by atoms with van der Waals surface area (Å²) in [6.07, 6.45) is 5.42. The van der Waals surface area contributed by atoms with E-state index >= 15 is 0 Å². The highest BCUT2D eigenvalue weighted by atomic mass is 35.5. The molecule has 136 valence electrons. The summed E-state index contributed by atoms with van der Waals surface area (Å²) >= 11 is 7.38. The van der Waals surface area contributed by atoms with Crippen LogP contribution in [0.4, 0.5) is 0 Å². The van der Waals surface area contributed by atoms with Gasteiger partial charge in [-0.3, -0.25) is 4.79 Å². The standard InChI is InChI=1S/C18H28ClNO3S/c1-3-24-13(2)10-14-11-15(21)18(16(22)12-14)17(6-4-8-20)23-9-5-7-19/h5,7-8,13-14,17,20-21H,3-4,6,9-12H2,1-2H3. The normalized spacial score (nSPS) is 21.3. The number of rotatable bonds is 11. The van der Waals surface area contributed by atoms with Crippen LogP contribution in [0.2, 0.25) is 0 Å². The smallest absolute Gasteiger partial charge is 0.165 e. The van der Waals surface area contributed by atoms with Gasteiger partial charge in [-0.2, -0.15) is 11.8 Å². The monoisotopic (exact) mass is 373 g/mol. The van der Waals surface area contributed by atoms with E-state index in [9.17, 15) is 9.90 Å². The third-order valence-corrected chi connectivity index (χ3v) is 5.33. The Kier molecular flexibility index (Phi) is 10.4. The van der Waals surface area contributed by atoms with Crippen molar-refractivity contribution in [2.45, 2.75) is 57.3 Å². The predicted octanol–water partition coefficient (Wildman–Crippen LogP) is 4.88. The summed E-state index contributed by atoms with van der Waals surface area (Å²) in [5.74, 6) is 1.39. The van der Waals surface area contributed by atoms with E-state index in [1.165, 1.54) is 11.7 Å². The fourth-order valence-corrected chi connectivity index (χ4v) is 4.15. The lowest BCUT2D eigenvalue weighted by Crippen LogP contribution is -2.30. The molecule has 0 aromatic carbocycles. The topological polar surface area (TPSA) is 70.4 Å². The molecule has 1 aliphatic rings. The molecule has 0 fully saturated rings. The quantitative estimate of drug-likeness (QED) is 0.506. The molecule has 4 nitrogen and oxygen atoms in total. The minimum Gasteiger partial charge on any atom is -0.512 e. The lowest BCUT2D eigenvalue weighted by atomic mass is 9.82. The summed E-state index contributed by atoms with van der Waals surface area (Å²) in [5, 5.41) is 18.1. The number of hydrogen-bond acceptors (Lipinski definition) is 5. The molecular formula is C18H28ClNO3S. The number of aliphatic hydroxyl groups is 1. The number of ketones is 1. The van der Waals surface area contributed by atoms with E-state index in [0.717, 1.165) is 12.2 Å². The Morgan fingerprint density at radius 2 is 2.25 bits per heavy atom. The fraction of sp³-hybridized carbons (Fsp3) is 0.667. The van der Waals surface area contributed by atoms with Crippen LogP contribution in [0.25, 0.3) is 0 Å². The van der Waals surface area contributed by atoms with Crippen LogP contribution >= 0.6 is 23.4 Å². The van der Waals surface area contributed by atoms with Crippen molar-refractivity contribution in [3.63, 3.8) is 0 Å². The zero-order chi connectivity index (χ0) is 17.9. The minimum atomic E-state index is -0.477. The van der Waals surface area contributed by atoms with Gasteiger partial charge in [-0.25, -0.2) is 0 Å². The Balaban J connectivity index is 2.81. The average molecular weight is 374 g/mol. The highest BCUT2D eigenvalue weighted by Gasteiger charge is 2.33. The molecule has 24 heavy (non-hydrogen) atoms. The molecule has 0 saturated carbocycles. The zero-order valence-corrected chi connectivity index (χ0v) is 16.0. The van der Waals surface area contributed by atoms with Crippen LogP contribution < -0.4 is 0 Å². The van der Waals surface area contributed by atoms with Crippen LogP contribution in [0.1, 0.15) is 46.0 Å². The summed E-state index contributed by atoms with van der Waals surface area (Å²) in [4.78, 5) is 12.6. The Labute approximate surface area is 154 Å². The molecule has 0 aromatic rings. The Morgan fingerprint density at radius 3 is 2.83 bits per heavy atom. The molecule has 1 aliphatic carbocycles. The number of halogens is 1. The molecule has 0 heterocycles. The van der Waals surface area contributed by atoms with Crippen molar-refractivity contribution in [1.82, 2.24) is 0 Å². The van der Waals surface area contributed by atoms with Gasteiger partial charge in [0, 0.05) is 23.6 Å². The van der Waals surface area contributed by atoms with Gasteiger partial charge in [0.2, 0.25) is 0 Å². The summed E-state index contributed by atoms with van der Waals surface area (Å²) < 4.78 is 5.70. The van der Waals surface area contributed by atoms with Crippen LogP contribution in [0.15, 0.2) is 22.9 Å². The molecule has 1 rings (SSSR count). The second-order valence-corrected chi connectivity index (χ2v) is 7.99. The second kappa shape index (κ2) is 11.7. The number of allylic oxidation sites excluding steroid dienone is 1. The zero-order valence-electron chi connectivity index (χ0n) is 14.5. The van der Waals surface area contributed by atoms with Gasteiger partial charge in [0.05, 0.1) is 18.3 Å². The number of aliphatic hydroxyl groups excluding tert-OH is 1. The van der Waals surface area contributed by atoms with Crippen molar-refractivity contribution >= 4 is 35.4 Å². The number of hydrogen-bond donors (Lipinski definition) is 2. The van der Waals surface area contributed by atoms with Gasteiger partial charge in [-0.15, -0.1) is 0 Å². The molecule has 0 aliphatic heterocycles. The highest BCUT2D eigenvalue weighted by molar-refractivity contribution is 7.99. The fourth-order valence-electron chi connectivity index (χ4n) is 3.10. The maximum atomic E-state index is 12.6. The number of carbonyl (C=O) groups excluding carboxylic acids is 1. The van der Waals surface area contributed by atoms with Crippen LogP contribution in [-0.4, -0.2) is 40.8 Å². The van der Waals surface area contributed by atoms with Gasteiger partial charge in [0.25, 0.3) is 0 Å². The molecule has 0 aromatic heterocycles. The number of nitrogens with one attached hydrogen (secondary N) is 1. The third-order valence-electron chi connectivity index (χ3n) is 4.06. The molecule has 0 radical (unpaired) electrons. The van der Waals surface area contributed by atoms with Gasteiger partial charge in [-0.05, 0) is 43.2 Å². The van der Waals surface area contributed by atoms with Gasteiger partial charge in [0.15, 0.2) is 5.78 Å². The van der Waals surface area contributed by atoms with E-state index in [0.29, 0.717) is 36.5 Å². The highest BCUT2D eigenvalue weighted by Crippen LogP contribution is 2.34. The van der Waals surface area contributed by atoms with Crippen molar-refractivity contribution in [2.24, 2.45) is 5.92 Å². The summed E-state index contributed by atoms with van der Waals surface area (Å²) in [6, 6.07) is 0. The van der Waals surface area contributed by atoms with E-state index in [1.807, 2.05) is 11.8 Å². The first kappa shape index (κ1) is 21.3. The Hall–Kier alpha value is -0.780. The van der Waals surface area contributed by atoms with Crippen molar-refractivity contribution < 1.29 is 14.6 Å². The lowest BCUT2D eigenvalue weighted by molar-refractivity contribution is -0.119. The van der Waals surface area contributed by atoms with Gasteiger partial charge in [0.1, 0.15) is 5.76 Å². The van der Waals surface area contributed by atoms with E-state index in [4.69, 9.17) is 21.7 Å². The van der Waals surface area contributed by atoms with E-state index in [2.05, 4.69) is 13.8 Å². The van der Waals surface area contributed by atoms with Gasteiger partial charge < -0.3 is 15.3 Å². The van der Waals surface area contributed by atoms with E-state index in [1.54, 1.807) is 6.08 Å². The predicted molar refractivity (Wildman–Crippen MR) is 102 cm³/mol. The maximum absolute atomic E-state index is 12.6. The first-order chi connectivity index (χ1) is 11.5. The van der Waals surface area contributed by atoms with Crippen molar-refractivity contribution in [1.29, 1.82) is 5.41 Å². The SMILES string of the molecule is CCSC(C)CC1CC(=O)C(C(CCC=N)OCC=CCl)=C(O)C1. The van der Waals surface area contributed by atoms with Crippen LogP contribution in [-0.2, 0) is 9.53 Å². The Bertz CT molecular complexity index is 479. The van der Waals surface area contributed by atoms with Gasteiger partial charge in [-0.1, -0.05) is 25.4 Å². The summed E-state index contributed by atoms with van der Waals surface area (Å²) in [6.45, 7) is 4.58. The maximum Gasteiger partial charge on any atom is 0.165 e. The molecule has 2 N–H and O–H groups in total. The summed E-state index contributed by atoms with van der Waals surface area (Å²) in [5.41, 5.74) is 1.76. The van der Waals surface area contributed by atoms with Crippen LogP contribution in [0, 0.1) is 11.3 Å². The first-order valence-corrected chi connectivity index (χ1v) is 9.94. The molecule has 0 saturated heterocycles. The summed E-state index contributed by atoms with van der Waals surface area (Å²) in [7, 11) is 0. The van der Waals surface area contributed by atoms with Crippen molar-refractivity contribution in [3.05, 3.63) is 22.9 Å². The second-order valence-electron chi connectivity index (χ2n) is 6.02. The number of carbonyl (C=O) groups is 1. The van der Waals surface area contributed by atoms with Crippen LogP contribution in [0.5, 0.6) is 0 Å². The first-order valence-electron chi connectivity index (χ1n) is 8.45. The molecule has 3 unspecified atom stereocenters. The van der Waals surface area contributed by atoms with Crippen molar-refractivity contribution in [3.8, 4) is 0 Å². The molecule has 3 atom stereocenters. The number of ether oxygens (including phenoxy) is 1. The molecule has 0 amide bonds. The van der Waals surface area contributed by atoms with Crippen LogP contribution in [0.3, 0.4) is 0 Å². The molecular weight excluding hydrogens is 346 g/mol. The Morgan fingerprint density at radius 1 is 1.50 bits per heavy atom. The van der Waals surface area contributed by atoms with E-state index < -0.39 is 6.10 Å². The van der Waals surface area contributed by atoms with Gasteiger partial charge >= 0.3 is 0 Å². The number of thioether (sulfide) groups is 1. The molecule has 0 spiro atoms. The minimum absolute atomic E-state index is 0.0257. The largest absolute Gasteiger partial charge is 0.512 e. The third kappa shape index (κ3) is 6.99.